The van der Waals surface area contributed by atoms with Crippen LogP contribution in [0.2, 0.25) is 0 Å². The molecule has 0 spiro atoms. The van der Waals surface area contributed by atoms with E-state index in [1.54, 1.807) is 17.5 Å². The van der Waals surface area contributed by atoms with E-state index in [9.17, 15) is 13.2 Å². The molecule has 0 amide bonds. The number of hydrogen-bond acceptors (Lipinski definition) is 3. The Labute approximate surface area is 154 Å². The van der Waals surface area contributed by atoms with Gasteiger partial charge in [0, 0.05) is 11.1 Å². The molecule has 0 atom stereocenters. The highest BCUT2D eigenvalue weighted by Crippen LogP contribution is 2.34. The molecule has 26 heavy (non-hydrogen) atoms. The van der Waals surface area contributed by atoms with Crippen LogP contribution in [0.5, 0.6) is 0 Å². The summed E-state index contributed by atoms with van der Waals surface area (Å²) in [6.45, 7) is 2.19. The summed E-state index contributed by atoms with van der Waals surface area (Å²) in [7, 11) is 0. The average Bonchev–Trinajstić information content (AvgIpc) is 3.28. The van der Waals surface area contributed by atoms with Crippen LogP contribution >= 0.6 is 11.3 Å². The Balaban J connectivity index is 1.82. The topological polar surface area (TPSA) is 41.6 Å². The van der Waals surface area contributed by atoms with E-state index in [2.05, 4.69) is 33.6 Å². The zero-order chi connectivity index (χ0) is 18.6. The molecular formula is C19H20F3N3S. The van der Waals surface area contributed by atoms with Gasteiger partial charge in [-0.25, -0.2) is 0 Å². The first-order valence-corrected chi connectivity index (χ1v) is 9.52. The van der Waals surface area contributed by atoms with Crippen LogP contribution in [0.1, 0.15) is 43.9 Å². The zero-order valence-electron chi connectivity index (χ0n) is 14.4. The normalized spacial score (nSPS) is 11.8. The third-order valence-corrected chi connectivity index (χ3v) is 5.22. The molecule has 3 aromatic heterocycles. The third-order valence-electron chi connectivity index (χ3n) is 4.21. The standard InChI is InChI=1S/C19H20F3N3S/c1-2-3-4-5-6-13-8-10-26-18(13)14-7-9-23-15(11-14)16-12-17(25-24-16)19(20,21)22/h7-12H,2-6H2,1H3,(H,24,25). The summed E-state index contributed by atoms with van der Waals surface area (Å²) >= 11 is 1.65. The number of rotatable bonds is 7. The number of aromatic nitrogens is 3. The smallest absolute Gasteiger partial charge is 0.276 e. The van der Waals surface area contributed by atoms with Crippen molar-refractivity contribution < 1.29 is 13.2 Å². The SMILES string of the molecule is CCCCCCc1ccsc1-c1ccnc(-c2cc(C(F)(F)F)n[nH]2)c1. The summed E-state index contributed by atoms with van der Waals surface area (Å²) in [5.41, 5.74) is 2.03. The van der Waals surface area contributed by atoms with Crippen LogP contribution in [-0.2, 0) is 12.6 Å². The van der Waals surface area contributed by atoms with Gasteiger partial charge in [-0.1, -0.05) is 26.2 Å². The highest BCUT2D eigenvalue weighted by Gasteiger charge is 2.34. The molecule has 0 aliphatic rings. The molecule has 0 saturated heterocycles. The van der Waals surface area contributed by atoms with Gasteiger partial charge in [0.2, 0.25) is 0 Å². The number of hydrogen-bond donors (Lipinski definition) is 1. The van der Waals surface area contributed by atoms with Crippen LogP contribution in [0.15, 0.2) is 35.8 Å². The van der Waals surface area contributed by atoms with Crippen LogP contribution in [0.4, 0.5) is 13.2 Å². The lowest BCUT2D eigenvalue weighted by molar-refractivity contribution is -0.141. The fraction of sp³-hybridized carbons (Fsp3) is 0.368. The van der Waals surface area contributed by atoms with Gasteiger partial charge in [0.15, 0.2) is 5.69 Å². The molecule has 0 fully saturated rings. The minimum atomic E-state index is -4.47. The van der Waals surface area contributed by atoms with E-state index in [0.717, 1.165) is 29.3 Å². The van der Waals surface area contributed by atoms with E-state index in [-0.39, 0.29) is 5.69 Å². The molecule has 0 aliphatic heterocycles. The van der Waals surface area contributed by atoms with E-state index >= 15 is 0 Å². The lowest BCUT2D eigenvalue weighted by Crippen LogP contribution is -2.04. The number of alkyl halides is 3. The number of H-pyrrole nitrogens is 1. The molecule has 0 aromatic carbocycles. The number of aryl methyl sites for hydroxylation is 1. The maximum atomic E-state index is 12.7. The fourth-order valence-corrected chi connectivity index (χ4v) is 3.80. The van der Waals surface area contributed by atoms with Crippen LogP contribution < -0.4 is 0 Å². The van der Waals surface area contributed by atoms with Crippen LogP contribution in [0, 0.1) is 0 Å². The second kappa shape index (κ2) is 8.03. The molecule has 138 valence electrons. The van der Waals surface area contributed by atoms with Crippen LogP contribution in [-0.4, -0.2) is 15.2 Å². The van der Waals surface area contributed by atoms with Crippen LogP contribution in [0.25, 0.3) is 21.8 Å². The molecule has 0 unspecified atom stereocenters. The third kappa shape index (κ3) is 4.33. The van der Waals surface area contributed by atoms with E-state index < -0.39 is 11.9 Å². The molecule has 3 rings (SSSR count). The van der Waals surface area contributed by atoms with E-state index in [0.29, 0.717) is 5.69 Å². The lowest BCUT2D eigenvalue weighted by atomic mass is 10.0. The van der Waals surface area contributed by atoms with Crippen molar-refractivity contribution in [3.05, 3.63) is 47.1 Å². The van der Waals surface area contributed by atoms with E-state index in [1.807, 2.05) is 12.1 Å². The first-order chi connectivity index (χ1) is 12.5. The number of thiophene rings is 1. The second-order valence-corrected chi connectivity index (χ2v) is 7.10. The zero-order valence-corrected chi connectivity index (χ0v) is 15.3. The Hall–Kier alpha value is -2.15. The minimum absolute atomic E-state index is 0.264. The van der Waals surface area contributed by atoms with Gasteiger partial charge in [0.25, 0.3) is 0 Å². The highest BCUT2D eigenvalue weighted by molar-refractivity contribution is 7.13. The molecular weight excluding hydrogens is 359 g/mol. The number of pyridine rings is 1. The Morgan fingerprint density at radius 2 is 1.96 bits per heavy atom. The summed E-state index contributed by atoms with van der Waals surface area (Å²) in [6, 6.07) is 6.83. The Kier molecular flexibility index (Phi) is 5.76. The van der Waals surface area contributed by atoms with Gasteiger partial charge in [0.05, 0.1) is 11.4 Å². The van der Waals surface area contributed by atoms with Gasteiger partial charge in [-0.05, 0) is 53.6 Å². The quantitative estimate of drug-likeness (QED) is 0.487. The second-order valence-electron chi connectivity index (χ2n) is 6.18. The summed E-state index contributed by atoms with van der Waals surface area (Å²) in [5, 5.41) is 7.84. The van der Waals surface area contributed by atoms with Crippen molar-refractivity contribution in [3.63, 3.8) is 0 Å². The Morgan fingerprint density at radius 1 is 1.12 bits per heavy atom. The maximum Gasteiger partial charge on any atom is 0.435 e. The first-order valence-electron chi connectivity index (χ1n) is 8.65. The van der Waals surface area contributed by atoms with Crippen molar-refractivity contribution in [1.82, 2.24) is 15.2 Å². The average molecular weight is 379 g/mol. The van der Waals surface area contributed by atoms with Crippen molar-refractivity contribution in [2.75, 3.05) is 0 Å². The van der Waals surface area contributed by atoms with Crippen molar-refractivity contribution in [2.24, 2.45) is 0 Å². The largest absolute Gasteiger partial charge is 0.435 e. The van der Waals surface area contributed by atoms with Crippen molar-refractivity contribution in [2.45, 2.75) is 45.2 Å². The molecule has 7 heteroatoms. The maximum absolute atomic E-state index is 12.7. The Bertz CT molecular complexity index is 852. The van der Waals surface area contributed by atoms with Gasteiger partial charge in [-0.2, -0.15) is 18.3 Å². The molecule has 3 nitrogen and oxygen atoms in total. The first kappa shape index (κ1) is 18.6. The van der Waals surface area contributed by atoms with Gasteiger partial charge >= 0.3 is 6.18 Å². The number of aromatic amines is 1. The van der Waals surface area contributed by atoms with Crippen molar-refractivity contribution >= 4 is 11.3 Å². The molecule has 0 radical (unpaired) electrons. The molecule has 0 saturated carbocycles. The molecule has 1 N–H and O–H groups in total. The summed E-state index contributed by atoms with van der Waals surface area (Å²) < 4.78 is 38.2. The monoisotopic (exact) mass is 379 g/mol. The van der Waals surface area contributed by atoms with Gasteiger partial charge in [0.1, 0.15) is 0 Å². The van der Waals surface area contributed by atoms with E-state index in [1.165, 1.54) is 24.8 Å². The fourth-order valence-electron chi connectivity index (χ4n) is 2.85. The molecule has 3 aromatic rings. The minimum Gasteiger partial charge on any atom is -0.276 e. The molecule has 3 heterocycles. The van der Waals surface area contributed by atoms with Crippen LogP contribution in [0.3, 0.4) is 0 Å². The van der Waals surface area contributed by atoms with E-state index in [4.69, 9.17) is 0 Å². The summed E-state index contributed by atoms with van der Waals surface area (Å²) in [6.07, 6.45) is 2.96. The predicted octanol–water partition coefficient (Wildman–Crippen LogP) is 6.34. The van der Waals surface area contributed by atoms with Crippen molar-refractivity contribution in [1.29, 1.82) is 0 Å². The molecule has 0 bridgehead atoms. The summed E-state index contributed by atoms with van der Waals surface area (Å²) in [4.78, 5) is 5.35. The Morgan fingerprint density at radius 3 is 2.69 bits per heavy atom. The lowest BCUT2D eigenvalue weighted by Gasteiger charge is -2.06. The van der Waals surface area contributed by atoms with Gasteiger partial charge in [-0.15, -0.1) is 11.3 Å². The highest BCUT2D eigenvalue weighted by atomic mass is 32.1. The predicted molar refractivity (Wildman–Crippen MR) is 98.0 cm³/mol. The number of nitrogens with zero attached hydrogens (tertiary/aromatic N) is 2. The summed E-state index contributed by atoms with van der Waals surface area (Å²) in [5.74, 6) is 0. The van der Waals surface area contributed by atoms with Gasteiger partial charge in [-0.3, -0.25) is 10.1 Å². The number of nitrogens with one attached hydrogen (secondary N) is 1. The van der Waals surface area contributed by atoms with Crippen molar-refractivity contribution in [3.8, 4) is 21.8 Å². The number of halogens is 3. The number of unbranched alkanes of at least 4 members (excludes halogenated alkanes) is 3. The molecule has 0 aliphatic carbocycles. The van der Waals surface area contributed by atoms with Gasteiger partial charge < -0.3 is 0 Å².